The van der Waals surface area contributed by atoms with E-state index in [0.29, 0.717) is 11.1 Å². The predicted octanol–water partition coefficient (Wildman–Crippen LogP) is 2.04. The number of hydrogen-bond donors (Lipinski definition) is 2. The van der Waals surface area contributed by atoms with Crippen LogP contribution in [0.5, 0.6) is 0 Å². The molecule has 0 aliphatic carbocycles. The summed E-state index contributed by atoms with van der Waals surface area (Å²) >= 11 is 0. The molecule has 1 atom stereocenters. The standard InChI is InChI=1S/C15H12O4/c16-13(10-4-2-1-3-5-10)11-6-8-12(9-7-11)14(17)15(18)19/h1-9,14,17H,(H,18,19). The number of rotatable bonds is 4. The fraction of sp³-hybridized carbons (Fsp3) is 0.0667. The molecule has 0 aromatic heterocycles. The first-order valence-corrected chi connectivity index (χ1v) is 5.70. The SMILES string of the molecule is O=C(c1ccccc1)c1ccc(C(O)C(=O)O)cc1. The summed E-state index contributed by atoms with van der Waals surface area (Å²) in [6.45, 7) is 0. The molecule has 0 spiro atoms. The number of benzene rings is 2. The van der Waals surface area contributed by atoms with Gasteiger partial charge < -0.3 is 10.2 Å². The number of carboxylic acids is 1. The van der Waals surface area contributed by atoms with Crippen LogP contribution in [0.4, 0.5) is 0 Å². The Kier molecular flexibility index (Phi) is 3.73. The first kappa shape index (κ1) is 13.0. The second-order valence-electron chi connectivity index (χ2n) is 4.06. The minimum atomic E-state index is -1.57. The van der Waals surface area contributed by atoms with E-state index >= 15 is 0 Å². The van der Waals surface area contributed by atoms with Crippen molar-refractivity contribution in [2.45, 2.75) is 6.10 Å². The third-order valence-electron chi connectivity index (χ3n) is 2.76. The summed E-state index contributed by atoms with van der Waals surface area (Å²) in [6.07, 6.45) is -1.57. The van der Waals surface area contributed by atoms with Gasteiger partial charge in [0, 0.05) is 11.1 Å². The van der Waals surface area contributed by atoms with Crippen molar-refractivity contribution < 1.29 is 19.8 Å². The number of hydrogen-bond acceptors (Lipinski definition) is 3. The van der Waals surface area contributed by atoms with Crippen molar-refractivity contribution in [3.63, 3.8) is 0 Å². The van der Waals surface area contributed by atoms with E-state index in [1.165, 1.54) is 24.3 Å². The third kappa shape index (κ3) is 2.86. The highest BCUT2D eigenvalue weighted by molar-refractivity contribution is 6.08. The van der Waals surface area contributed by atoms with Crippen LogP contribution >= 0.6 is 0 Å². The smallest absolute Gasteiger partial charge is 0.337 e. The molecule has 2 rings (SSSR count). The van der Waals surface area contributed by atoms with Gasteiger partial charge in [-0.2, -0.15) is 0 Å². The Hall–Kier alpha value is -2.46. The zero-order valence-corrected chi connectivity index (χ0v) is 9.98. The maximum Gasteiger partial charge on any atom is 0.337 e. The number of carboxylic acid groups (broad SMARTS) is 1. The van der Waals surface area contributed by atoms with Crippen molar-refractivity contribution in [2.24, 2.45) is 0 Å². The van der Waals surface area contributed by atoms with Crippen molar-refractivity contribution >= 4 is 11.8 Å². The van der Waals surface area contributed by atoms with Crippen LogP contribution in [0, 0.1) is 0 Å². The molecule has 0 saturated heterocycles. The lowest BCUT2D eigenvalue weighted by Gasteiger charge is -2.06. The van der Waals surface area contributed by atoms with Gasteiger partial charge in [0.15, 0.2) is 11.9 Å². The van der Waals surface area contributed by atoms with Gasteiger partial charge in [-0.05, 0) is 5.56 Å². The van der Waals surface area contributed by atoms with Crippen molar-refractivity contribution in [1.29, 1.82) is 0 Å². The first-order valence-electron chi connectivity index (χ1n) is 5.70. The van der Waals surface area contributed by atoms with E-state index in [9.17, 15) is 14.7 Å². The molecule has 0 radical (unpaired) electrons. The highest BCUT2D eigenvalue weighted by Crippen LogP contribution is 2.16. The Morgan fingerprint density at radius 2 is 1.37 bits per heavy atom. The summed E-state index contributed by atoms with van der Waals surface area (Å²) < 4.78 is 0. The summed E-state index contributed by atoms with van der Waals surface area (Å²) in [5.41, 5.74) is 1.26. The van der Waals surface area contributed by atoms with Gasteiger partial charge in [-0.25, -0.2) is 4.79 Å². The average molecular weight is 256 g/mol. The van der Waals surface area contributed by atoms with Crippen molar-refractivity contribution in [1.82, 2.24) is 0 Å². The predicted molar refractivity (Wildman–Crippen MR) is 68.9 cm³/mol. The molecule has 2 aromatic carbocycles. The van der Waals surface area contributed by atoms with E-state index < -0.39 is 12.1 Å². The molecule has 0 bridgehead atoms. The molecule has 0 aliphatic heterocycles. The molecule has 1 unspecified atom stereocenters. The molecule has 0 amide bonds. The number of carbonyl (C=O) groups is 2. The molecule has 2 N–H and O–H groups in total. The zero-order chi connectivity index (χ0) is 13.8. The highest BCUT2D eigenvalue weighted by atomic mass is 16.4. The summed E-state index contributed by atoms with van der Waals surface area (Å²) in [5, 5.41) is 18.0. The van der Waals surface area contributed by atoms with Crippen LogP contribution < -0.4 is 0 Å². The van der Waals surface area contributed by atoms with Crippen LogP contribution in [-0.4, -0.2) is 22.0 Å². The van der Waals surface area contributed by atoms with E-state index in [1.54, 1.807) is 24.3 Å². The lowest BCUT2D eigenvalue weighted by molar-refractivity contribution is -0.146. The molecule has 4 nitrogen and oxygen atoms in total. The van der Waals surface area contributed by atoms with Crippen molar-refractivity contribution in [3.8, 4) is 0 Å². The van der Waals surface area contributed by atoms with Gasteiger partial charge >= 0.3 is 5.97 Å². The lowest BCUT2D eigenvalue weighted by Crippen LogP contribution is -2.10. The van der Waals surface area contributed by atoms with E-state index in [4.69, 9.17) is 5.11 Å². The number of aliphatic hydroxyl groups is 1. The number of ketones is 1. The Bertz CT molecular complexity index is 587. The Morgan fingerprint density at radius 1 is 0.842 bits per heavy atom. The maximum absolute atomic E-state index is 12.1. The fourth-order valence-electron chi connectivity index (χ4n) is 1.72. The number of aliphatic hydroxyl groups excluding tert-OH is 1. The summed E-state index contributed by atoms with van der Waals surface area (Å²) in [5.74, 6) is -1.46. The van der Waals surface area contributed by atoms with Gasteiger partial charge in [0.1, 0.15) is 0 Å². The molecule has 0 heterocycles. The largest absolute Gasteiger partial charge is 0.479 e. The Balaban J connectivity index is 2.24. The summed E-state index contributed by atoms with van der Waals surface area (Å²) in [7, 11) is 0. The number of carbonyl (C=O) groups excluding carboxylic acids is 1. The fourth-order valence-corrected chi connectivity index (χ4v) is 1.72. The molecular formula is C15H12O4. The lowest BCUT2D eigenvalue weighted by atomic mass is 10.0. The highest BCUT2D eigenvalue weighted by Gasteiger charge is 2.16. The topological polar surface area (TPSA) is 74.6 Å². The van der Waals surface area contributed by atoms with E-state index in [0.717, 1.165) is 0 Å². The average Bonchev–Trinajstić information content (AvgIpc) is 2.46. The Morgan fingerprint density at radius 3 is 1.89 bits per heavy atom. The monoisotopic (exact) mass is 256 g/mol. The van der Waals surface area contributed by atoms with Crippen molar-refractivity contribution in [2.75, 3.05) is 0 Å². The molecule has 0 aliphatic rings. The van der Waals surface area contributed by atoms with Crippen LogP contribution in [0.3, 0.4) is 0 Å². The van der Waals surface area contributed by atoms with E-state index in [1.807, 2.05) is 6.07 Å². The molecule has 19 heavy (non-hydrogen) atoms. The van der Waals surface area contributed by atoms with Gasteiger partial charge in [-0.3, -0.25) is 4.79 Å². The van der Waals surface area contributed by atoms with E-state index in [2.05, 4.69) is 0 Å². The molecule has 96 valence electrons. The molecule has 2 aromatic rings. The molecule has 0 fully saturated rings. The Labute approximate surface area is 109 Å². The maximum atomic E-state index is 12.1. The quantitative estimate of drug-likeness (QED) is 0.821. The van der Waals surface area contributed by atoms with Crippen molar-refractivity contribution in [3.05, 3.63) is 71.3 Å². The van der Waals surface area contributed by atoms with Crippen LogP contribution in [0.1, 0.15) is 27.6 Å². The normalized spacial score (nSPS) is 11.8. The molecule has 4 heteroatoms. The van der Waals surface area contributed by atoms with Gasteiger partial charge in [0.25, 0.3) is 0 Å². The minimum absolute atomic E-state index is 0.142. The first-order chi connectivity index (χ1) is 9.09. The number of aliphatic carboxylic acids is 1. The zero-order valence-electron chi connectivity index (χ0n) is 9.98. The second-order valence-corrected chi connectivity index (χ2v) is 4.06. The van der Waals surface area contributed by atoms with Crippen LogP contribution in [0.2, 0.25) is 0 Å². The molecular weight excluding hydrogens is 244 g/mol. The van der Waals surface area contributed by atoms with Gasteiger partial charge in [0.2, 0.25) is 0 Å². The van der Waals surface area contributed by atoms with E-state index in [-0.39, 0.29) is 11.3 Å². The van der Waals surface area contributed by atoms with Crippen LogP contribution in [-0.2, 0) is 4.79 Å². The third-order valence-corrected chi connectivity index (χ3v) is 2.76. The summed E-state index contributed by atoms with van der Waals surface area (Å²) in [6, 6.07) is 14.7. The van der Waals surface area contributed by atoms with Crippen LogP contribution in [0.25, 0.3) is 0 Å². The van der Waals surface area contributed by atoms with Gasteiger partial charge in [0.05, 0.1) is 0 Å². The van der Waals surface area contributed by atoms with Crippen LogP contribution in [0.15, 0.2) is 54.6 Å². The second kappa shape index (κ2) is 5.46. The molecule has 0 saturated carbocycles. The van der Waals surface area contributed by atoms with Gasteiger partial charge in [-0.1, -0.05) is 54.6 Å². The van der Waals surface area contributed by atoms with Gasteiger partial charge in [-0.15, -0.1) is 0 Å². The summed E-state index contributed by atoms with van der Waals surface area (Å²) in [4.78, 5) is 22.7. The minimum Gasteiger partial charge on any atom is -0.479 e.